The Hall–Kier alpha value is -2.86. The number of carbonyl (C=O) groups excluding carboxylic acids is 1. The van der Waals surface area contributed by atoms with E-state index in [1.165, 1.54) is 0 Å². The van der Waals surface area contributed by atoms with Gasteiger partial charge in [0.2, 0.25) is 5.91 Å². The van der Waals surface area contributed by atoms with Crippen molar-refractivity contribution in [2.75, 3.05) is 18.4 Å². The molecule has 1 fully saturated rings. The first-order valence-corrected chi connectivity index (χ1v) is 8.19. The van der Waals surface area contributed by atoms with Crippen molar-refractivity contribution in [2.45, 2.75) is 12.8 Å². The van der Waals surface area contributed by atoms with E-state index in [2.05, 4.69) is 10.6 Å². The molecule has 25 heavy (non-hydrogen) atoms. The lowest BCUT2D eigenvalue weighted by atomic mass is 9.78. The highest BCUT2D eigenvalue weighted by atomic mass is 16.5. The molecule has 1 aliphatic rings. The van der Waals surface area contributed by atoms with Gasteiger partial charge in [-0.15, -0.1) is 0 Å². The minimum absolute atomic E-state index is 0.281. The van der Waals surface area contributed by atoms with Crippen LogP contribution in [0.25, 0.3) is 0 Å². The fourth-order valence-electron chi connectivity index (χ4n) is 2.87. The van der Waals surface area contributed by atoms with Gasteiger partial charge in [0.15, 0.2) is 0 Å². The van der Waals surface area contributed by atoms with Crippen molar-refractivity contribution < 1.29 is 19.4 Å². The average Bonchev–Trinajstić information content (AvgIpc) is 2.64. The summed E-state index contributed by atoms with van der Waals surface area (Å²) in [6, 6.07) is 16.2. The lowest BCUT2D eigenvalue weighted by Gasteiger charge is -2.32. The Kier molecular flexibility index (Phi) is 5.00. The van der Waals surface area contributed by atoms with Crippen LogP contribution < -0.4 is 15.4 Å². The van der Waals surface area contributed by atoms with Crippen molar-refractivity contribution in [3.8, 4) is 11.5 Å². The third-order valence-corrected chi connectivity index (χ3v) is 4.39. The predicted molar refractivity (Wildman–Crippen MR) is 93.8 cm³/mol. The van der Waals surface area contributed by atoms with Crippen molar-refractivity contribution in [1.29, 1.82) is 0 Å². The van der Waals surface area contributed by atoms with Gasteiger partial charge in [-0.2, -0.15) is 0 Å². The monoisotopic (exact) mass is 340 g/mol. The summed E-state index contributed by atoms with van der Waals surface area (Å²) in [5, 5.41) is 15.3. The summed E-state index contributed by atoms with van der Waals surface area (Å²) >= 11 is 0. The molecule has 0 aromatic heterocycles. The molecule has 1 saturated heterocycles. The van der Waals surface area contributed by atoms with E-state index in [0.717, 1.165) is 5.75 Å². The summed E-state index contributed by atoms with van der Waals surface area (Å²) in [7, 11) is 0. The predicted octanol–water partition coefficient (Wildman–Crippen LogP) is 2.87. The number of para-hydroxylation sites is 1. The number of nitrogens with one attached hydrogen (secondary N) is 2. The Morgan fingerprint density at radius 2 is 1.56 bits per heavy atom. The number of benzene rings is 2. The van der Waals surface area contributed by atoms with Gasteiger partial charge in [0, 0.05) is 5.69 Å². The maximum atomic E-state index is 12.6. The Balaban J connectivity index is 1.68. The van der Waals surface area contributed by atoms with Crippen molar-refractivity contribution >= 4 is 17.6 Å². The molecule has 0 atom stereocenters. The van der Waals surface area contributed by atoms with Crippen molar-refractivity contribution in [3.05, 3.63) is 54.6 Å². The smallest absolute Gasteiger partial charge is 0.319 e. The van der Waals surface area contributed by atoms with E-state index in [4.69, 9.17) is 4.74 Å². The molecular formula is C19H20N2O4. The molecule has 0 aliphatic carbocycles. The van der Waals surface area contributed by atoms with Crippen LogP contribution in [0.3, 0.4) is 0 Å². The van der Waals surface area contributed by atoms with Crippen LogP contribution in [0.15, 0.2) is 54.6 Å². The number of carboxylic acids is 1. The Bertz CT molecular complexity index is 738. The zero-order valence-electron chi connectivity index (χ0n) is 13.7. The largest absolute Gasteiger partial charge is 0.480 e. The van der Waals surface area contributed by atoms with Gasteiger partial charge < -0.3 is 20.5 Å². The van der Waals surface area contributed by atoms with E-state index in [0.29, 0.717) is 24.5 Å². The molecule has 130 valence electrons. The number of piperidine rings is 1. The molecule has 3 N–H and O–H groups in total. The molecule has 0 radical (unpaired) electrons. The van der Waals surface area contributed by atoms with Crippen LogP contribution in [0.5, 0.6) is 11.5 Å². The van der Waals surface area contributed by atoms with Gasteiger partial charge >= 0.3 is 5.97 Å². The first kappa shape index (κ1) is 17.0. The minimum atomic E-state index is -1.37. The summed E-state index contributed by atoms with van der Waals surface area (Å²) in [6.07, 6.45) is 0.562. The third kappa shape index (κ3) is 3.80. The van der Waals surface area contributed by atoms with Gasteiger partial charge in [0.05, 0.1) is 0 Å². The molecule has 0 unspecified atom stereocenters. The second-order valence-electron chi connectivity index (χ2n) is 6.03. The quantitative estimate of drug-likeness (QED) is 0.729. The second-order valence-corrected chi connectivity index (χ2v) is 6.03. The highest BCUT2D eigenvalue weighted by Gasteiger charge is 2.46. The molecule has 6 heteroatoms. The molecule has 2 aromatic rings. The maximum absolute atomic E-state index is 12.6. The number of aliphatic carboxylic acids is 1. The number of carbonyl (C=O) groups is 2. The zero-order chi connectivity index (χ0) is 17.7. The fraction of sp³-hybridized carbons (Fsp3) is 0.263. The Morgan fingerprint density at radius 1 is 0.960 bits per heavy atom. The number of amides is 1. The average molecular weight is 340 g/mol. The van der Waals surface area contributed by atoms with Crippen LogP contribution in [0.2, 0.25) is 0 Å². The molecule has 0 spiro atoms. The summed E-state index contributed by atoms with van der Waals surface area (Å²) in [5.41, 5.74) is -0.825. The van der Waals surface area contributed by atoms with E-state index >= 15 is 0 Å². The van der Waals surface area contributed by atoms with Gasteiger partial charge in [-0.3, -0.25) is 9.59 Å². The number of anilines is 1. The normalized spacial score (nSPS) is 16.0. The summed E-state index contributed by atoms with van der Waals surface area (Å²) in [6.45, 7) is 1.03. The zero-order valence-corrected chi connectivity index (χ0v) is 13.7. The topological polar surface area (TPSA) is 87.7 Å². The summed E-state index contributed by atoms with van der Waals surface area (Å²) < 4.78 is 5.70. The van der Waals surface area contributed by atoms with Crippen molar-refractivity contribution in [2.24, 2.45) is 5.41 Å². The molecule has 1 amide bonds. The lowest BCUT2D eigenvalue weighted by molar-refractivity contribution is -0.155. The van der Waals surface area contributed by atoms with Crippen LogP contribution in [-0.2, 0) is 9.59 Å². The van der Waals surface area contributed by atoms with Crippen LogP contribution in [0.1, 0.15) is 12.8 Å². The molecule has 6 nitrogen and oxygen atoms in total. The number of hydrogen-bond donors (Lipinski definition) is 3. The number of rotatable bonds is 5. The standard InChI is InChI=1S/C19H20N2O4/c22-17(19(18(23)24)10-12-20-13-11-19)21-14-6-8-16(9-7-14)25-15-4-2-1-3-5-15/h1-9,20H,10-13H2,(H,21,22)(H,23,24). The molecule has 3 rings (SSSR count). The molecule has 1 aliphatic heterocycles. The molecule has 0 saturated carbocycles. The van der Waals surface area contributed by atoms with Gasteiger partial charge in [-0.05, 0) is 62.3 Å². The van der Waals surface area contributed by atoms with Crippen LogP contribution in [-0.4, -0.2) is 30.1 Å². The first-order valence-electron chi connectivity index (χ1n) is 8.19. The van der Waals surface area contributed by atoms with E-state index < -0.39 is 17.3 Å². The summed E-state index contributed by atoms with van der Waals surface area (Å²) in [5.74, 6) is -0.188. The van der Waals surface area contributed by atoms with E-state index in [1.807, 2.05) is 30.3 Å². The fourth-order valence-corrected chi connectivity index (χ4v) is 2.87. The molecular weight excluding hydrogens is 320 g/mol. The molecule has 1 heterocycles. The highest BCUT2D eigenvalue weighted by Crippen LogP contribution is 2.31. The Labute approximate surface area is 145 Å². The van der Waals surface area contributed by atoms with Crippen molar-refractivity contribution in [3.63, 3.8) is 0 Å². The van der Waals surface area contributed by atoms with Crippen LogP contribution >= 0.6 is 0 Å². The highest BCUT2D eigenvalue weighted by molar-refractivity contribution is 6.08. The van der Waals surface area contributed by atoms with E-state index in [1.54, 1.807) is 24.3 Å². The van der Waals surface area contributed by atoms with E-state index in [9.17, 15) is 14.7 Å². The van der Waals surface area contributed by atoms with Crippen LogP contribution in [0, 0.1) is 5.41 Å². The third-order valence-electron chi connectivity index (χ3n) is 4.39. The van der Waals surface area contributed by atoms with Crippen LogP contribution in [0.4, 0.5) is 5.69 Å². The molecule has 0 bridgehead atoms. The van der Waals surface area contributed by atoms with Gasteiger partial charge in [-0.25, -0.2) is 0 Å². The number of hydrogen-bond acceptors (Lipinski definition) is 4. The second kappa shape index (κ2) is 7.36. The Morgan fingerprint density at radius 3 is 2.16 bits per heavy atom. The molecule has 2 aromatic carbocycles. The first-order chi connectivity index (χ1) is 12.1. The van der Waals surface area contributed by atoms with E-state index in [-0.39, 0.29) is 12.8 Å². The van der Waals surface area contributed by atoms with Gasteiger partial charge in [-0.1, -0.05) is 18.2 Å². The van der Waals surface area contributed by atoms with Gasteiger partial charge in [0.1, 0.15) is 16.9 Å². The SMILES string of the molecule is O=C(O)C1(C(=O)Nc2ccc(Oc3ccccc3)cc2)CCNCC1. The lowest BCUT2D eigenvalue weighted by Crippen LogP contribution is -2.49. The maximum Gasteiger partial charge on any atom is 0.319 e. The van der Waals surface area contributed by atoms with Crippen molar-refractivity contribution in [1.82, 2.24) is 5.32 Å². The van der Waals surface area contributed by atoms with Gasteiger partial charge in [0.25, 0.3) is 0 Å². The number of carboxylic acid groups (broad SMARTS) is 1. The summed E-state index contributed by atoms with van der Waals surface area (Å²) in [4.78, 5) is 24.2. The minimum Gasteiger partial charge on any atom is -0.480 e. The number of ether oxygens (including phenoxy) is 1.